The molecule has 1 aromatic carbocycles. The first-order valence-electron chi connectivity index (χ1n) is 11.2. The molecule has 4 aliphatic rings. The number of likely N-dealkylation sites (tertiary alicyclic amines) is 1. The predicted molar refractivity (Wildman–Crippen MR) is 126 cm³/mol. The van der Waals surface area contributed by atoms with E-state index in [4.69, 9.17) is 11.6 Å². The minimum absolute atomic E-state index is 0.0335. The van der Waals surface area contributed by atoms with Gasteiger partial charge in [0.25, 0.3) is 0 Å². The summed E-state index contributed by atoms with van der Waals surface area (Å²) in [7, 11) is 4.44. The smallest absolute Gasteiger partial charge is 0.244 e. The lowest BCUT2D eigenvalue weighted by Gasteiger charge is -2.51. The van der Waals surface area contributed by atoms with E-state index in [9.17, 15) is 4.79 Å². The molecule has 5 heteroatoms. The fourth-order valence-electron chi connectivity index (χ4n) is 6.09. The lowest BCUT2D eigenvalue weighted by molar-refractivity contribution is -0.116. The first-order valence-corrected chi connectivity index (χ1v) is 11.6. The van der Waals surface area contributed by atoms with E-state index < -0.39 is 0 Å². The highest BCUT2D eigenvalue weighted by Gasteiger charge is 2.49. The van der Waals surface area contributed by atoms with Crippen molar-refractivity contribution in [3.05, 3.63) is 76.6 Å². The van der Waals surface area contributed by atoms with Gasteiger partial charge in [0.15, 0.2) is 0 Å². The van der Waals surface area contributed by atoms with E-state index in [-0.39, 0.29) is 5.91 Å². The van der Waals surface area contributed by atoms with Crippen molar-refractivity contribution in [2.75, 3.05) is 27.2 Å². The van der Waals surface area contributed by atoms with Crippen LogP contribution < -0.4 is 5.32 Å². The van der Waals surface area contributed by atoms with Gasteiger partial charge in [-0.05, 0) is 73.1 Å². The zero-order valence-electron chi connectivity index (χ0n) is 18.2. The third kappa shape index (κ3) is 3.99. The quantitative estimate of drug-likeness (QED) is 0.715. The number of amides is 1. The Morgan fingerprint density at radius 2 is 2.06 bits per heavy atom. The molecule has 1 saturated heterocycles. The molecule has 0 radical (unpaired) electrons. The van der Waals surface area contributed by atoms with Crippen LogP contribution in [0, 0.1) is 23.7 Å². The number of hydrogen-bond donors (Lipinski definition) is 1. The minimum Gasteiger partial charge on any atom is -0.354 e. The van der Waals surface area contributed by atoms with Crippen molar-refractivity contribution in [1.82, 2.24) is 15.1 Å². The summed E-state index contributed by atoms with van der Waals surface area (Å²) >= 11 is 5.92. The molecule has 1 saturated carbocycles. The van der Waals surface area contributed by atoms with Gasteiger partial charge in [-0.2, -0.15) is 0 Å². The number of hydrogen-bond acceptors (Lipinski definition) is 3. The second kappa shape index (κ2) is 8.33. The molecule has 31 heavy (non-hydrogen) atoms. The van der Waals surface area contributed by atoms with Crippen LogP contribution in [0.1, 0.15) is 18.4 Å². The molecule has 2 fully saturated rings. The number of nitrogens with zero attached hydrogens (tertiary/aromatic N) is 2. The lowest BCUT2D eigenvalue weighted by Crippen LogP contribution is -2.54. The number of benzene rings is 1. The van der Waals surface area contributed by atoms with Crippen molar-refractivity contribution in [3.8, 4) is 0 Å². The fraction of sp³-hybridized carbons (Fsp3) is 0.423. The van der Waals surface area contributed by atoms with Crippen LogP contribution in [0.5, 0.6) is 0 Å². The van der Waals surface area contributed by atoms with Gasteiger partial charge < -0.3 is 15.1 Å². The van der Waals surface area contributed by atoms with E-state index in [1.807, 2.05) is 30.3 Å². The molecule has 1 amide bonds. The third-order valence-corrected chi connectivity index (χ3v) is 7.74. The number of rotatable bonds is 4. The Balaban J connectivity index is 1.22. The molecule has 2 heterocycles. The van der Waals surface area contributed by atoms with Crippen LogP contribution in [-0.4, -0.2) is 48.9 Å². The Hall–Kier alpha value is -2.30. The second-order valence-corrected chi connectivity index (χ2v) is 9.89. The first-order chi connectivity index (χ1) is 15.0. The molecular weight excluding hydrogens is 406 g/mol. The molecule has 2 unspecified atom stereocenters. The van der Waals surface area contributed by atoms with Crippen LogP contribution in [0.4, 0.5) is 0 Å². The Morgan fingerprint density at radius 3 is 2.87 bits per heavy atom. The molecule has 0 spiro atoms. The second-order valence-electron chi connectivity index (χ2n) is 9.45. The maximum atomic E-state index is 12.4. The Bertz CT molecular complexity index is 977. The number of carbonyl (C=O) groups is 1. The van der Waals surface area contributed by atoms with Gasteiger partial charge in [-0.15, -0.1) is 0 Å². The van der Waals surface area contributed by atoms with Crippen LogP contribution in [0.2, 0.25) is 5.02 Å². The Labute approximate surface area is 189 Å². The topological polar surface area (TPSA) is 35.6 Å². The van der Waals surface area contributed by atoms with E-state index in [2.05, 4.69) is 53.6 Å². The average molecular weight is 436 g/mol. The van der Waals surface area contributed by atoms with Gasteiger partial charge in [0.05, 0.1) is 0 Å². The van der Waals surface area contributed by atoms with E-state index in [1.165, 1.54) is 18.5 Å². The molecule has 2 aliphatic carbocycles. The molecule has 4 nitrogen and oxygen atoms in total. The minimum atomic E-state index is -0.0335. The van der Waals surface area contributed by atoms with Gasteiger partial charge >= 0.3 is 0 Å². The average Bonchev–Trinajstić information content (AvgIpc) is 3.09. The highest BCUT2D eigenvalue weighted by Crippen LogP contribution is 2.52. The summed E-state index contributed by atoms with van der Waals surface area (Å²) in [5.74, 6) is 2.21. The molecule has 5 rings (SSSR count). The zero-order valence-corrected chi connectivity index (χ0v) is 18.9. The Morgan fingerprint density at radius 1 is 1.26 bits per heavy atom. The van der Waals surface area contributed by atoms with Crippen LogP contribution >= 0.6 is 11.6 Å². The molecule has 162 valence electrons. The molecule has 2 aliphatic heterocycles. The fourth-order valence-corrected chi connectivity index (χ4v) is 6.21. The lowest BCUT2D eigenvalue weighted by atomic mass is 9.61. The number of fused-ring (bicyclic) bond motifs is 2. The molecule has 5 atom stereocenters. The van der Waals surface area contributed by atoms with Gasteiger partial charge in [0.2, 0.25) is 5.91 Å². The number of piperidine rings is 1. The standard InChI is InChI=1S/C26H30ClN3O/c1-29-15-18(14-28-25(31)11-8-17-6-9-20(27)10-7-17)12-22-21-4-3-5-23-26(21)19(13-24(22)29)16-30(23)2/h3-11,16,18,21-22,24,26H,12-15H2,1-2H3,(H,28,31)/b11-8+/t18-,21?,22+,24+,26?/m0/s1. The van der Waals surface area contributed by atoms with Crippen molar-refractivity contribution in [2.45, 2.75) is 18.9 Å². The van der Waals surface area contributed by atoms with Crippen molar-refractivity contribution in [3.63, 3.8) is 0 Å². The van der Waals surface area contributed by atoms with Crippen LogP contribution in [0.25, 0.3) is 6.08 Å². The monoisotopic (exact) mass is 435 g/mol. The number of halogens is 1. The van der Waals surface area contributed by atoms with Crippen molar-refractivity contribution >= 4 is 23.6 Å². The van der Waals surface area contributed by atoms with Crippen LogP contribution in [0.3, 0.4) is 0 Å². The highest BCUT2D eigenvalue weighted by atomic mass is 35.5. The van der Waals surface area contributed by atoms with Gasteiger partial charge in [-0.3, -0.25) is 4.79 Å². The summed E-state index contributed by atoms with van der Waals surface area (Å²) in [6.07, 6.45) is 15.1. The summed E-state index contributed by atoms with van der Waals surface area (Å²) in [6.45, 7) is 1.76. The zero-order chi connectivity index (χ0) is 21.5. The molecule has 0 aromatic heterocycles. The predicted octanol–water partition coefficient (Wildman–Crippen LogP) is 4.33. The molecule has 0 bridgehead atoms. The van der Waals surface area contributed by atoms with Gasteiger partial charge in [-0.1, -0.05) is 35.9 Å². The van der Waals surface area contributed by atoms with Crippen LogP contribution in [0.15, 0.2) is 66.0 Å². The first kappa shape index (κ1) is 20.6. The summed E-state index contributed by atoms with van der Waals surface area (Å²) < 4.78 is 0. The van der Waals surface area contributed by atoms with Crippen molar-refractivity contribution < 1.29 is 4.79 Å². The van der Waals surface area contributed by atoms with Gasteiger partial charge in [-0.25, -0.2) is 0 Å². The molecule has 1 aromatic rings. The van der Waals surface area contributed by atoms with Gasteiger partial charge in [0, 0.05) is 55.1 Å². The summed E-state index contributed by atoms with van der Waals surface area (Å²) in [4.78, 5) is 17.2. The van der Waals surface area contributed by atoms with Gasteiger partial charge in [0.1, 0.15) is 0 Å². The maximum absolute atomic E-state index is 12.4. The number of carbonyl (C=O) groups excluding carboxylic acids is 1. The van der Waals surface area contributed by atoms with E-state index >= 15 is 0 Å². The summed E-state index contributed by atoms with van der Waals surface area (Å²) in [6, 6.07) is 8.09. The molecular formula is C26H30ClN3O. The number of nitrogens with one attached hydrogen (secondary N) is 1. The van der Waals surface area contributed by atoms with E-state index in [0.29, 0.717) is 34.7 Å². The Kier molecular flexibility index (Phi) is 5.53. The third-order valence-electron chi connectivity index (χ3n) is 7.48. The van der Waals surface area contributed by atoms with Crippen molar-refractivity contribution in [1.29, 1.82) is 0 Å². The SMILES string of the molecule is CN1C=C2C[C@@H]3[C@H](C[C@@H](CNC(=O)/C=C/c4ccc(Cl)cc4)CN3C)C3C=CC=C1C23. The highest BCUT2D eigenvalue weighted by molar-refractivity contribution is 6.30. The summed E-state index contributed by atoms with van der Waals surface area (Å²) in [5.41, 5.74) is 4.02. The van der Waals surface area contributed by atoms with E-state index in [1.54, 1.807) is 11.6 Å². The normalized spacial score (nSPS) is 31.8. The van der Waals surface area contributed by atoms with E-state index in [0.717, 1.165) is 18.7 Å². The number of allylic oxidation sites excluding steroid dienone is 4. The maximum Gasteiger partial charge on any atom is 0.244 e. The largest absolute Gasteiger partial charge is 0.354 e. The van der Waals surface area contributed by atoms with Crippen molar-refractivity contribution in [2.24, 2.45) is 23.7 Å². The summed E-state index contributed by atoms with van der Waals surface area (Å²) in [5, 5.41) is 3.83. The van der Waals surface area contributed by atoms with Crippen LogP contribution in [-0.2, 0) is 4.79 Å². The molecule has 1 N–H and O–H groups in total.